The number of nitrogens with two attached hydrogens (primary N) is 1. The minimum Gasteiger partial charge on any atom is -0.436 e. The number of anilines is 1. The second-order valence-electron chi connectivity index (χ2n) is 4.05. The van der Waals surface area contributed by atoms with Gasteiger partial charge in [-0.3, -0.25) is 0 Å². The Morgan fingerprint density at radius 3 is 2.75 bits per heavy atom. The average Bonchev–Trinajstić information content (AvgIpc) is 2.40. The van der Waals surface area contributed by atoms with Crippen molar-refractivity contribution in [1.82, 2.24) is 4.98 Å². The van der Waals surface area contributed by atoms with Crippen molar-refractivity contribution in [3.63, 3.8) is 0 Å². The van der Waals surface area contributed by atoms with Gasteiger partial charge in [0.25, 0.3) is 0 Å². The van der Waals surface area contributed by atoms with E-state index in [0.717, 1.165) is 6.26 Å². The molecule has 0 aliphatic carbocycles. The summed E-state index contributed by atoms with van der Waals surface area (Å²) in [4.78, 5) is 3.86. The quantitative estimate of drug-likeness (QED) is 0.862. The van der Waals surface area contributed by atoms with Crippen LogP contribution in [-0.2, 0) is 9.84 Å². The molecule has 0 fully saturated rings. The van der Waals surface area contributed by atoms with E-state index in [0.29, 0.717) is 5.69 Å². The van der Waals surface area contributed by atoms with Crippen LogP contribution in [0.4, 0.5) is 5.69 Å². The van der Waals surface area contributed by atoms with Gasteiger partial charge in [0.1, 0.15) is 16.7 Å². The van der Waals surface area contributed by atoms with Crippen molar-refractivity contribution in [2.75, 3.05) is 12.0 Å². The van der Waals surface area contributed by atoms with Crippen molar-refractivity contribution in [1.29, 1.82) is 5.26 Å². The van der Waals surface area contributed by atoms with Gasteiger partial charge >= 0.3 is 0 Å². The molecule has 2 N–H and O–H groups in total. The number of sulfone groups is 1. The van der Waals surface area contributed by atoms with E-state index in [1.165, 1.54) is 30.5 Å². The van der Waals surface area contributed by atoms with Crippen molar-refractivity contribution < 1.29 is 13.2 Å². The maximum absolute atomic E-state index is 11.6. The lowest BCUT2D eigenvalue weighted by Crippen LogP contribution is -2.02. The first kappa shape index (κ1) is 13.8. The molecule has 0 bridgehead atoms. The minimum atomic E-state index is -3.48. The Morgan fingerprint density at radius 2 is 2.10 bits per heavy atom. The predicted molar refractivity (Wildman–Crippen MR) is 73.0 cm³/mol. The number of rotatable bonds is 3. The molecule has 0 aliphatic heterocycles. The first-order chi connectivity index (χ1) is 9.41. The molecule has 7 heteroatoms. The molecule has 0 saturated carbocycles. The summed E-state index contributed by atoms with van der Waals surface area (Å²) in [5.41, 5.74) is 6.20. The number of hydrogen-bond donors (Lipinski definition) is 1. The van der Waals surface area contributed by atoms with E-state index in [1.807, 2.05) is 6.07 Å². The third-order valence-corrected chi connectivity index (χ3v) is 3.58. The van der Waals surface area contributed by atoms with Gasteiger partial charge in [0, 0.05) is 18.1 Å². The van der Waals surface area contributed by atoms with Gasteiger partial charge in [-0.15, -0.1) is 0 Å². The molecule has 0 amide bonds. The standard InChI is InChI=1S/C13H11N3O3S/c1-20(17,18)12-3-2-6-16-13(12)19-11-5-4-10(15)7-9(11)8-14/h2-7H,15H2,1H3. The number of nitrogen functional groups attached to an aromatic ring is 1. The van der Waals surface area contributed by atoms with Crippen LogP contribution in [-0.4, -0.2) is 19.7 Å². The van der Waals surface area contributed by atoms with E-state index in [-0.39, 0.29) is 22.1 Å². The number of ether oxygens (including phenoxy) is 1. The molecule has 2 rings (SSSR count). The molecule has 1 aromatic heterocycles. The van der Waals surface area contributed by atoms with Gasteiger partial charge in [-0.1, -0.05) is 0 Å². The van der Waals surface area contributed by atoms with Crippen molar-refractivity contribution in [2.45, 2.75) is 4.90 Å². The number of aromatic nitrogens is 1. The van der Waals surface area contributed by atoms with Gasteiger partial charge < -0.3 is 10.5 Å². The van der Waals surface area contributed by atoms with E-state index < -0.39 is 9.84 Å². The van der Waals surface area contributed by atoms with Crippen LogP contribution in [0.5, 0.6) is 11.6 Å². The average molecular weight is 289 g/mol. The highest BCUT2D eigenvalue weighted by molar-refractivity contribution is 7.90. The smallest absolute Gasteiger partial charge is 0.238 e. The summed E-state index contributed by atoms with van der Waals surface area (Å²) in [6, 6.07) is 9.31. The number of pyridine rings is 1. The number of hydrogen-bond acceptors (Lipinski definition) is 6. The molecule has 1 aromatic carbocycles. The van der Waals surface area contributed by atoms with Gasteiger partial charge in [0.05, 0.1) is 5.56 Å². The summed E-state index contributed by atoms with van der Waals surface area (Å²) < 4.78 is 28.7. The SMILES string of the molecule is CS(=O)(=O)c1cccnc1Oc1ccc(N)cc1C#N. The Kier molecular flexibility index (Phi) is 3.59. The summed E-state index contributed by atoms with van der Waals surface area (Å²) in [7, 11) is -3.48. The fourth-order valence-corrected chi connectivity index (χ4v) is 2.30. The topological polar surface area (TPSA) is 106 Å². The maximum atomic E-state index is 11.6. The summed E-state index contributed by atoms with van der Waals surface area (Å²) in [6.07, 6.45) is 2.47. The fraction of sp³-hybridized carbons (Fsp3) is 0.0769. The molecule has 2 aromatic rings. The molecule has 0 unspecified atom stereocenters. The highest BCUT2D eigenvalue weighted by Gasteiger charge is 2.17. The number of nitriles is 1. The maximum Gasteiger partial charge on any atom is 0.238 e. The Labute approximate surface area is 116 Å². The van der Waals surface area contributed by atoms with Crippen molar-refractivity contribution >= 4 is 15.5 Å². The molecular weight excluding hydrogens is 278 g/mol. The summed E-state index contributed by atoms with van der Waals surface area (Å²) >= 11 is 0. The molecular formula is C13H11N3O3S. The largest absolute Gasteiger partial charge is 0.436 e. The van der Waals surface area contributed by atoms with Gasteiger partial charge in [-0.2, -0.15) is 5.26 Å². The zero-order chi connectivity index (χ0) is 14.8. The highest BCUT2D eigenvalue weighted by Crippen LogP contribution is 2.29. The molecule has 1 heterocycles. The summed E-state index contributed by atoms with van der Waals surface area (Å²) in [5, 5.41) is 9.03. The zero-order valence-electron chi connectivity index (χ0n) is 10.6. The lowest BCUT2D eigenvalue weighted by Gasteiger charge is -2.09. The normalized spacial score (nSPS) is 10.8. The summed E-state index contributed by atoms with van der Waals surface area (Å²) in [6.45, 7) is 0. The molecule has 0 spiro atoms. The second kappa shape index (κ2) is 5.19. The van der Waals surface area contributed by atoms with Gasteiger partial charge in [0.2, 0.25) is 5.88 Å². The lowest BCUT2D eigenvalue weighted by atomic mass is 10.2. The van der Waals surface area contributed by atoms with Crippen LogP contribution in [0, 0.1) is 11.3 Å². The van der Waals surface area contributed by atoms with Crippen molar-refractivity contribution in [3.05, 3.63) is 42.1 Å². The molecule has 0 radical (unpaired) electrons. The third-order valence-electron chi connectivity index (χ3n) is 2.47. The molecule has 102 valence electrons. The van der Waals surface area contributed by atoms with E-state index >= 15 is 0 Å². The van der Waals surface area contributed by atoms with E-state index in [4.69, 9.17) is 15.7 Å². The lowest BCUT2D eigenvalue weighted by molar-refractivity contribution is 0.446. The van der Waals surface area contributed by atoms with Crippen LogP contribution >= 0.6 is 0 Å². The van der Waals surface area contributed by atoms with E-state index in [1.54, 1.807) is 6.07 Å². The van der Waals surface area contributed by atoms with E-state index in [2.05, 4.69) is 4.98 Å². The zero-order valence-corrected chi connectivity index (χ0v) is 11.4. The van der Waals surface area contributed by atoms with Crippen LogP contribution in [0.3, 0.4) is 0 Å². The fourth-order valence-electron chi connectivity index (χ4n) is 1.56. The molecule has 0 atom stereocenters. The molecule has 0 aliphatic rings. The molecule has 20 heavy (non-hydrogen) atoms. The Balaban J connectivity index is 2.49. The Hall–Kier alpha value is -2.59. The second-order valence-corrected chi connectivity index (χ2v) is 6.03. The Bertz CT molecular complexity index is 795. The first-order valence-electron chi connectivity index (χ1n) is 5.54. The minimum absolute atomic E-state index is 0.0410. The molecule has 0 saturated heterocycles. The number of nitrogens with zero attached hydrogens (tertiary/aromatic N) is 2. The van der Waals surface area contributed by atoms with Crippen molar-refractivity contribution in [3.8, 4) is 17.7 Å². The van der Waals surface area contributed by atoms with E-state index in [9.17, 15) is 8.42 Å². The third kappa shape index (κ3) is 2.87. The highest BCUT2D eigenvalue weighted by atomic mass is 32.2. The monoisotopic (exact) mass is 289 g/mol. The van der Waals surface area contributed by atoms with Crippen LogP contribution in [0.2, 0.25) is 0 Å². The number of benzene rings is 1. The Morgan fingerprint density at radius 1 is 1.35 bits per heavy atom. The van der Waals surface area contributed by atoms with Crippen LogP contribution in [0.25, 0.3) is 0 Å². The van der Waals surface area contributed by atoms with Crippen LogP contribution in [0.1, 0.15) is 5.56 Å². The molecule has 6 nitrogen and oxygen atoms in total. The summed E-state index contributed by atoms with van der Waals surface area (Å²) in [5.74, 6) is 0.126. The van der Waals surface area contributed by atoms with Crippen LogP contribution in [0.15, 0.2) is 41.4 Å². The van der Waals surface area contributed by atoms with Gasteiger partial charge in [-0.05, 0) is 30.3 Å². The first-order valence-corrected chi connectivity index (χ1v) is 7.43. The van der Waals surface area contributed by atoms with Crippen molar-refractivity contribution in [2.24, 2.45) is 0 Å². The van der Waals surface area contributed by atoms with Gasteiger partial charge in [-0.25, -0.2) is 13.4 Å². The predicted octanol–water partition coefficient (Wildman–Crippen LogP) is 1.73. The van der Waals surface area contributed by atoms with Crippen LogP contribution < -0.4 is 10.5 Å². The van der Waals surface area contributed by atoms with Gasteiger partial charge in [0.15, 0.2) is 9.84 Å².